The van der Waals surface area contributed by atoms with E-state index in [1.165, 1.54) is 5.56 Å². The van der Waals surface area contributed by atoms with Crippen LogP contribution in [0.4, 0.5) is 0 Å². The number of hydrogen-bond donors (Lipinski definition) is 1. The Morgan fingerprint density at radius 2 is 2.16 bits per heavy atom. The molecule has 1 aromatic carbocycles. The minimum Gasteiger partial charge on any atom is -0.491 e. The lowest BCUT2D eigenvalue weighted by Gasteiger charge is -2.23. The van der Waals surface area contributed by atoms with Crippen LogP contribution in [0.5, 0.6) is 5.75 Å². The molecule has 0 amide bonds. The van der Waals surface area contributed by atoms with Gasteiger partial charge in [-0.3, -0.25) is 0 Å². The summed E-state index contributed by atoms with van der Waals surface area (Å²) in [6, 6.07) is 8.72. The van der Waals surface area contributed by atoms with E-state index in [1.807, 2.05) is 13.1 Å². The molecule has 1 aliphatic heterocycles. The van der Waals surface area contributed by atoms with Crippen molar-refractivity contribution >= 4 is 0 Å². The van der Waals surface area contributed by atoms with Crippen molar-refractivity contribution in [3.8, 4) is 5.75 Å². The summed E-state index contributed by atoms with van der Waals surface area (Å²) < 4.78 is 11.5. The van der Waals surface area contributed by atoms with Gasteiger partial charge in [0.2, 0.25) is 0 Å². The first-order valence-electron chi connectivity index (χ1n) is 7.15. The topological polar surface area (TPSA) is 30.5 Å². The number of nitrogens with one attached hydrogen (secondary N) is 1. The summed E-state index contributed by atoms with van der Waals surface area (Å²) in [6.45, 7) is 7.08. The Morgan fingerprint density at radius 3 is 2.74 bits per heavy atom. The normalized spacial score (nSPS) is 24.7. The Morgan fingerprint density at radius 1 is 1.37 bits per heavy atom. The van der Waals surface area contributed by atoms with E-state index in [2.05, 4.69) is 44.3 Å². The molecule has 0 spiro atoms. The molecule has 3 heteroatoms. The van der Waals surface area contributed by atoms with E-state index >= 15 is 0 Å². The maximum atomic E-state index is 5.77. The molecule has 1 aliphatic rings. The van der Waals surface area contributed by atoms with Gasteiger partial charge in [-0.25, -0.2) is 0 Å². The summed E-state index contributed by atoms with van der Waals surface area (Å²) in [6.07, 6.45) is 1.69. The summed E-state index contributed by atoms with van der Waals surface area (Å²) in [5.74, 6) is 1.48. The minimum absolute atomic E-state index is 0.207. The van der Waals surface area contributed by atoms with Crippen LogP contribution >= 0.6 is 0 Å². The number of benzene rings is 1. The van der Waals surface area contributed by atoms with Crippen LogP contribution < -0.4 is 10.1 Å². The van der Waals surface area contributed by atoms with Crippen molar-refractivity contribution in [3.63, 3.8) is 0 Å². The zero-order chi connectivity index (χ0) is 13.8. The average Bonchev–Trinajstić information content (AvgIpc) is 2.76. The van der Waals surface area contributed by atoms with Crippen LogP contribution in [0, 0.1) is 5.92 Å². The minimum atomic E-state index is 0.207. The Balaban J connectivity index is 2.13. The van der Waals surface area contributed by atoms with E-state index in [9.17, 15) is 0 Å². The van der Waals surface area contributed by atoms with Gasteiger partial charge < -0.3 is 14.8 Å². The fraction of sp³-hybridized carbons (Fsp3) is 0.625. The molecule has 0 bridgehead atoms. The third kappa shape index (κ3) is 3.71. The fourth-order valence-corrected chi connectivity index (χ4v) is 2.81. The van der Waals surface area contributed by atoms with Gasteiger partial charge in [-0.2, -0.15) is 0 Å². The van der Waals surface area contributed by atoms with Gasteiger partial charge in [0, 0.05) is 12.0 Å². The Hall–Kier alpha value is -1.06. The van der Waals surface area contributed by atoms with Crippen molar-refractivity contribution in [1.82, 2.24) is 5.32 Å². The monoisotopic (exact) mass is 263 g/mol. The molecule has 0 aliphatic carbocycles. The molecule has 0 saturated carbocycles. The molecular weight excluding hydrogens is 238 g/mol. The average molecular weight is 263 g/mol. The molecule has 2 rings (SSSR count). The summed E-state index contributed by atoms with van der Waals surface area (Å²) in [4.78, 5) is 0. The van der Waals surface area contributed by atoms with Gasteiger partial charge >= 0.3 is 0 Å². The lowest BCUT2D eigenvalue weighted by atomic mass is 9.91. The maximum absolute atomic E-state index is 5.77. The molecule has 1 fully saturated rings. The van der Waals surface area contributed by atoms with Gasteiger partial charge in [-0.1, -0.05) is 12.1 Å². The molecule has 106 valence electrons. The van der Waals surface area contributed by atoms with Crippen molar-refractivity contribution in [2.75, 3.05) is 13.7 Å². The van der Waals surface area contributed by atoms with Crippen molar-refractivity contribution in [2.24, 2.45) is 5.92 Å². The van der Waals surface area contributed by atoms with E-state index in [0.717, 1.165) is 18.8 Å². The van der Waals surface area contributed by atoms with E-state index < -0.39 is 0 Å². The van der Waals surface area contributed by atoms with E-state index in [-0.39, 0.29) is 6.10 Å². The molecule has 0 aromatic heterocycles. The summed E-state index contributed by atoms with van der Waals surface area (Å²) in [5, 5.41) is 3.43. The summed E-state index contributed by atoms with van der Waals surface area (Å²) >= 11 is 0. The van der Waals surface area contributed by atoms with E-state index in [1.54, 1.807) is 0 Å². The standard InChI is InChI=1S/C16H25NO2/c1-11(2)19-15-7-5-6-13(9-15)16(17-4)14-8-12(3)18-10-14/h5-7,9,11-12,14,16-17H,8,10H2,1-4H3. The lowest BCUT2D eigenvalue weighted by Crippen LogP contribution is -2.25. The number of ether oxygens (including phenoxy) is 2. The summed E-state index contributed by atoms with van der Waals surface area (Å²) in [5.41, 5.74) is 1.28. The Labute approximate surface area is 116 Å². The highest BCUT2D eigenvalue weighted by Gasteiger charge is 2.29. The molecule has 0 radical (unpaired) electrons. The van der Waals surface area contributed by atoms with Crippen molar-refractivity contribution < 1.29 is 9.47 Å². The van der Waals surface area contributed by atoms with Crippen LogP contribution in [0.15, 0.2) is 24.3 Å². The third-order valence-electron chi connectivity index (χ3n) is 3.60. The molecule has 3 nitrogen and oxygen atoms in total. The Bertz CT molecular complexity index is 405. The van der Waals surface area contributed by atoms with Crippen molar-refractivity contribution in [2.45, 2.75) is 45.4 Å². The highest BCUT2D eigenvalue weighted by molar-refractivity contribution is 5.31. The zero-order valence-electron chi connectivity index (χ0n) is 12.3. The van der Waals surface area contributed by atoms with Crippen LogP contribution in [0.3, 0.4) is 0 Å². The zero-order valence-corrected chi connectivity index (χ0v) is 12.3. The molecule has 1 aromatic rings. The van der Waals surface area contributed by atoms with Gasteiger partial charge in [0.1, 0.15) is 5.75 Å². The smallest absolute Gasteiger partial charge is 0.120 e. The first-order chi connectivity index (χ1) is 9.10. The lowest BCUT2D eigenvalue weighted by molar-refractivity contribution is 0.117. The highest BCUT2D eigenvalue weighted by Crippen LogP contribution is 2.32. The van der Waals surface area contributed by atoms with Crippen LogP contribution in [-0.4, -0.2) is 25.9 Å². The van der Waals surface area contributed by atoms with Crippen molar-refractivity contribution in [1.29, 1.82) is 0 Å². The van der Waals surface area contributed by atoms with Gasteiger partial charge in [-0.15, -0.1) is 0 Å². The SMILES string of the molecule is CNC(c1cccc(OC(C)C)c1)C1COC(C)C1. The molecule has 3 atom stereocenters. The molecule has 3 unspecified atom stereocenters. The predicted molar refractivity (Wildman–Crippen MR) is 77.5 cm³/mol. The van der Waals surface area contributed by atoms with Crippen LogP contribution in [0.1, 0.15) is 38.8 Å². The van der Waals surface area contributed by atoms with E-state index in [0.29, 0.717) is 18.1 Å². The summed E-state index contributed by atoms with van der Waals surface area (Å²) in [7, 11) is 2.02. The maximum Gasteiger partial charge on any atom is 0.120 e. The molecule has 19 heavy (non-hydrogen) atoms. The predicted octanol–water partition coefficient (Wildman–Crippen LogP) is 3.16. The highest BCUT2D eigenvalue weighted by atomic mass is 16.5. The second-order valence-corrected chi connectivity index (χ2v) is 5.65. The molecular formula is C16H25NO2. The van der Waals surface area contributed by atoms with Crippen LogP contribution in [0.2, 0.25) is 0 Å². The largest absolute Gasteiger partial charge is 0.491 e. The quantitative estimate of drug-likeness (QED) is 0.885. The van der Waals surface area contributed by atoms with E-state index in [4.69, 9.17) is 9.47 Å². The van der Waals surface area contributed by atoms with Gasteiger partial charge in [0.15, 0.2) is 0 Å². The second-order valence-electron chi connectivity index (χ2n) is 5.65. The van der Waals surface area contributed by atoms with Crippen LogP contribution in [0.25, 0.3) is 0 Å². The first-order valence-corrected chi connectivity index (χ1v) is 7.15. The molecule has 1 N–H and O–H groups in total. The first kappa shape index (κ1) is 14.4. The van der Waals surface area contributed by atoms with Gasteiger partial charge in [0.25, 0.3) is 0 Å². The van der Waals surface area contributed by atoms with Gasteiger partial charge in [-0.05, 0) is 51.9 Å². The number of rotatable bonds is 5. The fourth-order valence-electron chi connectivity index (χ4n) is 2.81. The molecule has 1 heterocycles. The number of hydrogen-bond acceptors (Lipinski definition) is 3. The van der Waals surface area contributed by atoms with Crippen molar-refractivity contribution in [3.05, 3.63) is 29.8 Å². The van der Waals surface area contributed by atoms with Crippen LogP contribution in [-0.2, 0) is 4.74 Å². The van der Waals surface area contributed by atoms with Gasteiger partial charge in [0.05, 0.1) is 18.8 Å². The molecule has 1 saturated heterocycles. The third-order valence-corrected chi connectivity index (χ3v) is 3.60. The second kappa shape index (κ2) is 6.40. The Kier molecular flexibility index (Phi) is 4.83.